The van der Waals surface area contributed by atoms with Gasteiger partial charge in [0.1, 0.15) is 0 Å². The maximum Gasteiger partial charge on any atom is 0.223 e. The van der Waals surface area contributed by atoms with Gasteiger partial charge in [-0.25, -0.2) is 0 Å². The number of hydrogen-bond donors (Lipinski definition) is 1. The molecule has 2 N–H and O–H groups in total. The maximum atomic E-state index is 11.8. The first-order valence-corrected chi connectivity index (χ1v) is 6.73. The number of carbonyl (C=O) groups excluding carboxylic acids is 1. The molecule has 5 nitrogen and oxygen atoms in total. The monoisotopic (exact) mass is 256 g/mol. The summed E-state index contributed by atoms with van der Waals surface area (Å²) in [7, 11) is 5.76. The molecule has 3 unspecified atom stereocenters. The summed E-state index contributed by atoms with van der Waals surface area (Å²) in [6.45, 7) is 6.98. The Morgan fingerprint density at radius 2 is 1.83 bits per heavy atom. The molecule has 18 heavy (non-hydrogen) atoms. The lowest BCUT2D eigenvalue weighted by Gasteiger charge is -2.45. The Balaban J connectivity index is 2.63. The summed E-state index contributed by atoms with van der Waals surface area (Å²) in [4.78, 5) is 18.2. The number of nitrogens with zero attached hydrogens (tertiary/aromatic N) is 3. The molecule has 0 aromatic rings. The number of hydrogen-bond acceptors (Lipinski definition) is 4. The lowest BCUT2D eigenvalue weighted by molar-refractivity contribution is -0.130. The van der Waals surface area contributed by atoms with E-state index < -0.39 is 0 Å². The third-order valence-electron chi connectivity index (χ3n) is 4.09. The first-order valence-electron chi connectivity index (χ1n) is 6.73. The number of amides is 1. The van der Waals surface area contributed by atoms with Gasteiger partial charge in [-0.2, -0.15) is 0 Å². The normalized spacial score (nSPS) is 28.1. The average molecular weight is 256 g/mol. The van der Waals surface area contributed by atoms with Crippen molar-refractivity contribution in [3.63, 3.8) is 0 Å². The van der Waals surface area contributed by atoms with E-state index in [-0.39, 0.29) is 11.9 Å². The van der Waals surface area contributed by atoms with E-state index >= 15 is 0 Å². The Morgan fingerprint density at radius 1 is 1.33 bits per heavy atom. The molecule has 3 atom stereocenters. The molecule has 1 aliphatic rings. The molecule has 0 aromatic carbocycles. The Morgan fingerprint density at radius 3 is 2.22 bits per heavy atom. The van der Waals surface area contributed by atoms with Crippen LogP contribution in [0.4, 0.5) is 0 Å². The van der Waals surface area contributed by atoms with Crippen LogP contribution in [-0.2, 0) is 4.79 Å². The molecule has 1 saturated heterocycles. The van der Waals surface area contributed by atoms with Crippen molar-refractivity contribution in [2.75, 3.05) is 40.8 Å². The van der Waals surface area contributed by atoms with Crippen LogP contribution in [0.3, 0.4) is 0 Å². The predicted octanol–water partition coefficient (Wildman–Crippen LogP) is -0.184. The third kappa shape index (κ3) is 3.67. The highest BCUT2D eigenvalue weighted by molar-refractivity contribution is 5.76. The summed E-state index contributed by atoms with van der Waals surface area (Å²) >= 11 is 0. The SMILES string of the molecule is CC1CN(C(CN)CC(=O)N(C)C)CC(C)N1C. The van der Waals surface area contributed by atoms with Crippen LogP contribution in [0.15, 0.2) is 0 Å². The quantitative estimate of drug-likeness (QED) is 0.758. The summed E-state index contributed by atoms with van der Waals surface area (Å²) in [5.41, 5.74) is 5.85. The zero-order valence-corrected chi connectivity index (χ0v) is 12.4. The van der Waals surface area contributed by atoms with E-state index in [1.165, 1.54) is 0 Å². The summed E-state index contributed by atoms with van der Waals surface area (Å²) in [5, 5.41) is 0. The first kappa shape index (κ1) is 15.4. The van der Waals surface area contributed by atoms with Crippen LogP contribution in [0.2, 0.25) is 0 Å². The highest BCUT2D eigenvalue weighted by Crippen LogP contribution is 2.17. The van der Waals surface area contributed by atoms with Crippen molar-refractivity contribution >= 4 is 5.91 Å². The fourth-order valence-electron chi connectivity index (χ4n) is 2.49. The zero-order chi connectivity index (χ0) is 13.9. The van der Waals surface area contributed by atoms with Crippen LogP contribution < -0.4 is 5.73 Å². The van der Waals surface area contributed by atoms with Gasteiger partial charge in [-0.15, -0.1) is 0 Å². The smallest absolute Gasteiger partial charge is 0.223 e. The van der Waals surface area contributed by atoms with Crippen molar-refractivity contribution in [1.29, 1.82) is 0 Å². The largest absolute Gasteiger partial charge is 0.349 e. The standard InChI is InChI=1S/C13H28N4O/c1-10-8-17(9-11(2)16(10)5)12(7-14)6-13(18)15(3)4/h10-12H,6-9,14H2,1-5H3. The number of rotatable bonds is 4. The van der Waals surface area contributed by atoms with Crippen molar-refractivity contribution < 1.29 is 4.79 Å². The molecule has 0 spiro atoms. The van der Waals surface area contributed by atoms with E-state index in [0.717, 1.165) is 13.1 Å². The maximum absolute atomic E-state index is 11.8. The molecule has 0 saturated carbocycles. The zero-order valence-electron chi connectivity index (χ0n) is 12.4. The lowest BCUT2D eigenvalue weighted by Crippen LogP contribution is -2.59. The van der Waals surface area contributed by atoms with Gasteiger partial charge in [0.2, 0.25) is 5.91 Å². The van der Waals surface area contributed by atoms with Crippen LogP contribution in [0.25, 0.3) is 0 Å². The Hall–Kier alpha value is -0.650. The van der Waals surface area contributed by atoms with Gasteiger partial charge < -0.3 is 10.6 Å². The molecule has 1 heterocycles. The summed E-state index contributed by atoms with van der Waals surface area (Å²) in [6, 6.07) is 1.19. The predicted molar refractivity (Wildman–Crippen MR) is 74.4 cm³/mol. The van der Waals surface area contributed by atoms with Gasteiger partial charge in [0.25, 0.3) is 0 Å². The van der Waals surface area contributed by atoms with E-state index in [0.29, 0.717) is 25.0 Å². The minimum Gasteiger partial charge on any atom is -0.349 e. The Labute approximate surface area is 111 Å². The number of carbonyl (C=O) groups is 1. The molecule has 1 rings (SSSR count). The molecule has 1 fully saturated rings. The molecular formula is C13H28N4O. The molecule has 0 bridgehead atoms. The van der Waals surface area contributed by atoms with Gasteiger partial charge in [-0.1, -0.05) is 0 Å². The second-order valence-corrected chi connectivity index (χ2v) is 5.70. The van der Waals surface area contributed by atoms with Crippen LogP contribution >= 0.6 is 0 Å². The average Bonchev–Trinajstić information content (AvgIpc) is 2.31. The van der Waals surface area contributed by atoms with Gasteiger partial charge >= 0.3 is 0 Å². The number of likely N-dealkylation sites (N-methyl/N-ethyl adjacent to an activating group) is 1. The molecular weight excluding hydrogens is 228 g/mol. The molecule has 0 aliphatic carbocycles. The van der Waals surface area contributed by atoms with Gasteiger partial charge in [-0.3, -0.25) is 14.6 Å². The Kier molecular flexibility index (Phi) is 5.56. The van der Waals surface area contributed by atoms with Gasteiger partial charge in [0.15, 0.2) is 0 Å². The fourth-order valence-corrected chi connectivity index (χ4v) is 2.49. The van der Waals surface area contributed by atoms with Crippen molar-refractivity contribution in [1.82, 2.24) is 14.7 Å². The molecule has 5 heteroatoms. The molecule has 106 valence electrons. The minimum absolute atomic E-state index is 0.157. The number of piperazine rings is 1. The second kappa shape index (κ2) is 6.50. The van der Waals surface area contributed by atoms with Crippen molar-refractivity contribution in [3.8, 4) is 0 Å². The summed E-state index contributed by atoms with van der Waals surface area (Å²) < 4.78 is 0. The van der Waals surface area contributed by atoms with Gasteiger partial charge in [0.05, 0.1) is 0 Å². The van der Waals surface area contributed by atoms with Crippen molar-refractivity contribution in [3.05, 3.63) is 0 Å². The van der Waals surface area contributed by atoms with Crippen LogP contribution in [-0.4, -0.2) is 79.5 Å². The highest BCUT2D eigenvalue weighted by Gasteiger charge is 2.31. The lowest BCUT2D eigenvalue weighted by atomic mass is 10.0. The molecule has 1 aliphatic heterocycles. The Bertz CT molecular complexity index is 270. The second-order valence-electron chi connectivity index (χ2n) is 5.70. The van der Waals surface area contributed by atoms with Crippen molar-refractivity contribution in [2.24, 2.45) is 5.73 Å². The van der Waals surface area contributed by atoms with E-state index in [2.05, 4.69) is 30.7 Å². The van der Waals surface area contributed by atoms with E-state index in [4.69, 9.17) is 5.73 Å². The molecule has 1 amide bonds. The molecule has 0 radical (unpaired) electrons. The van der Waals surface area contributed by atoms with E-state index in [1.807, 2.05) is 0 Å². The molecule has 0 aromatic heterocycles. The first-order chi connectivity index (χ1) is 8.36. The van der Waals surface area contributed by atoms with E-state index in [1.54, 1.807) is 19.0 Å². The highest BCUT2D eigenvalue weighted by atomic mass is 16.2. The topological polar surface area (TPSA) is 52.8 Å². The van der Waals surface area contributed by atoms with Gasteiger partial charge in [0, 0.05) is 58.3 Å². The summed E-state index contributed by atoms with van der Waals surface area (Å²) in [6.07, 6.45) is 0.520. The summed E-state index contributed by atoms with van der Waals surface area (Å²) in [5.74, 6) is 0.157. The van der Waals surface area contributed by atoms with Crippen molar-refractivity contribution in [2.45, 2.75) is 38.4 Å². The minimum atomic E-state index is 0.157. The van der Waals surface area contributed by atoms with Crippen LogP contribution in [0.5, 0.6) is 0 Å². The van der Waals surface area contributed by atoms with E-state index in [9.17, 15) is 4.79 Å². The third-order valence-corrected chi connectivity index (χ3v) is 4.09. The van der Waals surface area contributed by atoms with Crippen LogP contribution in [0, 0.1) is 0 Å². The van der Waals surface area contributed by atoms with Crippen LogP contribution in [0.1, 0.15) is 20.3 Å². The number of nitrogens with two attached hydrogens (primary N) is 1. The fraction of sp³-hybridized carbons (Fsp3) is 0.923. The van der Waals surface area contributed by atoms with Gasteiger partial charge in [-0.05, 0) is 20.9 Å².